The number of nitrogens with one attached hydrogen (secondary N) is 1. The molecular formula is C19H18N4O4S3. The Balaban J connectivity index is 1.31. The standard InChI is InChI=1S/C19H18N4O4S3/c1-2-16-21-22-18(30-16)20-15(24)4-3-7-23-17(25)14(29-19(23)28)9-11-5-6-12-13(8-11)27-10-26-12/h5-6,8-9H,2-4,7,10H2,1H3,(H,20,22,24)/b14-9-. The number of aryl methyl sites for hydroxylation is 1. The number of anilines is 1. The minimum atomic E-state index is -0.157. The van der Waals surface area contributed by atoms with E-state index in [1.165, 1.54) is 28.0 Å². The van der Waals surface area contributed by atoms with Crippen LogP contribution in [0.3, 0.4) is 0 Å². The summed E-state index contributed by atoms with van der Waals surface area (Å²) >= 11 is 7.97. The maximum absolute atomic E-state index is 12.7. The van der Waals surface area contributed by atoms with Crippen molar-refractivity contribution in [2.75, 3.05) is 18.7 Å². The molecule has 3 heterocycles. The summed E-state index contributed by atoms with van der Waals surface area (Å²) in [4.78, 5) is 26.9. The Morgan fingerprint density at radius 1 is 1.33 bits per heavy atom. The molecule has 0 spiro atoms. The lowest BCUT2D eigenvalue weighted by molar-refractivity contribution is -0.122. The fraction of sp³-hybridized carbons (Fsp3) is 0.316. The van der Waals surface area contributed by atoms with Crippen LogP contribution < -0.4 is 14.8 Å². The van der Waals surface area contributed by atoms with Crippen molar-refractivity contribution in [1.29, 1.82) is 0 Å². The predicted octanol–water partition coefficient (Wildman–Crippen LogP) is 3.45. The lowest BCUT2D eigenvalue weighted by atomic mass is 10.2. The molecule has 8 nitrogen and oxygen atoms in total. The fourth-order valence-electron chi connectivity index (χ4n) is 2.87. The van der Waals surface area contributed by atoms with Crippen LogP contribution in [0, 0.1) is 0 Å². The summed E-state index contributed by atoms with van der Waals surface area (Å²) in [6.45, 7) is 2.56. The first-order chi connectivity index (χ1) is 14.5. The largest absolute Gasteiger partial charge is 0.454 e. The molecule has 2 aliphatic rings. The molecule has 0 saturated carbocycles. The number of rotatable bonds is 7. The van der Waals surface area contributed by atoms with Crippen LogP contribution in [0.2, 0.25) is 0 Å². The van der Waals surface area contributed by atoms with Gasteiger partial charge >= 0.3 is 0 Å². The van der Waals surface area contributed by atoms with E-state index < -0.39 is 0 Å². The molecule has 1 fully saturated rings. The van der Waals surface area contributed by atoms with Crippen LogP contribution in [-0.4, -0.2) is 44.6 Å². The smallest absolute Gasteiger partial charge is 0.266 e. The molecule has 2 aliphatic heterocycles. The quantitative estimate of drug-likeness (QED) is 0.494. The molecule has 30 heavy (non-hydrogen) atoms. The highest BCUT2D eigenvalue weighted by atomic mass is 32.2. The first-order valence-electron chi connectivity index (χ1n) is 9.30. The van der Waals surface area contributed by atoms with Gasteiger partial charge in [0.05, 0.1) is 4.91 Å². The van der Waals surface area contributed by atoms with Crippen LogP contribution >= 0.6 is 35.3 Å². The van der Waals surface area contributed by atoms with Gasteiger partial charge < -0.3 is 14.8 Å². The first kappa shape index (κ1) is 20.8. The van der Waals surface area contributed by atoms with Gasteiger partial charge in [0.1, 0.15) is 9.33 Å². The van der Waals surface area contributed by atoms with E-state index in [-0.39, 0.29) is 25.0 Å². The third kappa shape index (κ3) is 4.63. The summed E-state index contributed by atoms with van der Waals surface area (Å²) < 4.78 is 11.2. The molecule has 0 aliphatic carbocycles. The van der Waals surface area contributed by atoms with E-state index in [9.17, 15) is 9.59 Å². The second kappa shape index (κ2) is 9.11. The zero-order valence-electron chi connectivity index (χ0n) is 16.0. The van der Waals surface area contributed by atoms with Gasteiger partial charge in [0.25, 0.3) is 5.91 Å². The molecule has 2 amide bonds. The molecule has 1 aromatic heterocycles. The van der Waals surface area contributed by atoms with E-state index in [4.69, 9.17) is 21.7 Å². The Bertz CT molecular complexity index is 1040. The minimum Gasteiger partial charge on any atom is -0.454 e. The molecule has 1 aromatic carbocycles. The van der Waals surface area contributed by atoms with Crippen molar-refractivity contribution in [2.45, 2.75) is 26.2 Å². The van der Waals surface area contributed by atoms with Crippen molar-refractivity contribution < 1.29 is 19.1 Å². The third-order valence-corrected chi connectivity index (χ3v) is 6.73. The second-order valence-electron chi connectivity index (χ2n) is 6.45. The van der Waals surface area contributed by atoms with Crippen LogP contribution in [0.1, 0.15) is 30.3 Å². The van der Waals surface area contributed by atoms with Gasteiger partial charge in [-0.15, -0.1) is 10.2 Å². The van der Waals surface area contributed by atoms with Gasteiger partial charge in [-0.25, -0.2) is 0 Å². The maximum Gasteiger partial charge on any atom is 0.266 e. The molecule has 0 bridgehead atoms. The molecule has 0 radical (unpaired) electrons. The number of amides is 2. The molecule has 0 atom stereocenters. The van der Waals surface area contributed by atoms with Gasteiger partial charge in [-0.05, 0) is 36.6 Å². The van der Waals surface area contributed by atoms with Gasteiger partial charge in [0, 0.05) is 13.0 Å². The van der Waals surface area contributed by atoms with E-state index in [1.807, 2.05) is 25.1 Å². The molecule has 1 N–H and O–H groups in total. The lowest BCUT2D eigenvalue weighted by Crippen LogP contribution is -2.29. The molecule has 156 valence electrons. The third-order valence-electron chi connectivity index (χ3n) is 4.37. The van der Waals surface area contributed by atoms with E-state index in [1.54, 1.807) is 6.08 Å². The van der Waals surface area contributed by atoms with Crippen LogP contribution in [-0.2, 0) is 16.0 Å². The SMILES string of the molecule is CCc1nnc(NC(=O)CCCN2C(=O)/C(=C/c3ccc4c(c3)OCO4)SC2=S)s1. The van der Waals surface area contributed by atoms with Crippen LogP contribution in [0.15, 0.2) is 23.1 Å². The number of aromatic nitrogens is 2. The minimum absolute atomic E-state index is 0.153. The van der Waals surface area contributed by atoms with Crippen molar-refractivity contribution in [3.8, 4) is 11.5 Å². The molecule has 4 rings (SSSR count). The summed E-state index contributed by atoms with van der Waals surface area (Å²) in [5.41, 5.74) is 0.836. The number of hydrogen-bond donors (Lipinski definition) is 1. The Hall–Kier alpha value is -2.50. The fourth-order valence-corrected chi connectivity index (χ4v) is 4.88. The van der Waals surface area contributed by atoms with Crippen LogP contribution in [0.25, 0.3) is 6.08 Å². The number of thiocarbonyl (C=S) groups is 1. The topological polar surface area (TPSA) is 93.7 Å². The number of nitrogens with zero attached hydrogens (tertiary/aromatic N) is 3. The molecule has 1 saturated heterocycles. The van der Waals surface area contributed by atoms with Crippen molar-refractivity contribution in [2.24, 2.45) is 0 Å². The highest BCUT2D eigenvalue weighted by Gasteiger charge is 2.31. The monoisotopic (exact) mass is 462 g/mol. The van der Waals surface area contributed by atoms with Crippen LogP contribution in [0.4, 0.5) is 5.13 Å². The Labute approximate surface area is 186 Å². The number of carbonyl (C=O) groups is 2. The Morgan fingerprint density at radius 2 is 2.17 bits per heavy atom. The number of thioether (sulfide) groups is 1. The Kier molecular flexibility index (Phi) is 6.30. The number of carbonyl (C=O) groups excluding carboxylic acids is 2. The van der Waals surface area contributed by atoms with Crippen LogP contribution in [0.5, 0.6) is 11.5 Å². The van der Waals surface area contributed by atoms with Crippen molar-refractivity contribution in [3.05, 3.63) is 33.7 Å². The molecular weight excluding hydrogens is 444 g/mol. The predicted molar refractivity (Wildman–Crippen MR) is 120 cm³/mol. The van der Waals surface area contributed by atoms with E-state index in [2.05, 4.69) is 15.5 Å². The molecule has 11 heteroatoms. The number of hydrogen-bond acceptors (Lipinski definition) is 9. The van der Waals surface area contributed by atoms with E-state index in [0.717, 1.165) is 17.0 Å². The number of ether oxygens (including phenoxy) is 2. The molecule has 0 unspecified atom stereocenters. The second-order valence-corrected chi connectivity index (χ2v) is 9.19. The average molecular weight is 463 g/mol. The van der Waals surface area contributed by atoms with Crippen molar-refractivity contribution in [3.63, 3.8) is 0 Å². The maximum atomic E-state index is 12.7. The number of benzene rings is 1. The summed E-state index contributed by atoms with van der Waals surface area (Å²) in [7, 11) is 0. The van der Waals surface area contributed by atoms with E-state index >= 15 is 0 Å². The Morgan fingerprint density at radius 3 is 2.97 bits per heavy atom. The highest BCUT2D eigenvalue weighted by molar-refractivity contribution is 8.26. The summed E-state index contributed by atoms with van der Waals surface area (Å²) in [5, 5.41) is 12.0. The zero-order chi connectivity index (χ0) is 21.1. The van der Waals surface area contributed by atoms with Gasteiger partial charge in [-0.3, -0.25) is 14.5 Å². The van der Waals surface area contributed by atoms with Gasteiger partial charge in [0.15, 0.2) is 11.5 Å². The number of fused-ring (bicyclic) bond motifs is 1. The normalized spacial score (nSPS) is 16.6. The highest BCUT2D eigenvalue weighted by Crippen LogP contribution is 2.36. The lowest BCUT2D eigenvalue weighted by Gasteiger charge is -2.13. The molecule has 2 aromatic rings. The zero-order valence-corrected chi connectivity index (χ0v) is 18.5. The summed E-state index contributed by atoms with van der Waals surface area (Å²) in [5.74, 6) is 1.04. The van der Waals surface area contributed by atoms with E-state index in [0.29, 0.717) is 38.8 Å². The van der Waals surface area contributed by atoms with Crippen molar-refractivity contribution >= 4 is 62.7 Å². The van der Waals surface area contributed by atoms with Gasteiger partial charge in [-0.1, -0.05) is 48.3 Å². The summed E-state index contributed by atoms with van der Waals surface area (Å²) in [6, 6.07) is 5.51. The average Bonchev–Trinajstić information content (AvgIpc) is 3.43. The summed E-state index contributed by atoms with van der Waals surface area (Å²) in [6.07, 6.45) is 3.32. The van der Waals surface area contributed by atoms with Gasteiger partial charge in [0.2, 0.25) is 17.8 Å². The van der Waals surface area contributed by atoms with Gasteiger partial charge in [-0.2, -0.15) is 0 Å². The first-order valence-corrected chi connectivity index (χ1v) is 11.3. The van der Waals surface area contributed by atoms with Crippen molar-refractivity contribution in [1.82, 2.24) is 15.1 Å².